The number of aryl methyl sites for hydroxylation is 1. The first-order valence-electron chi connectivity index (χ1n) is 9.08. The molecule has 1 aromatic heterocycles. The monoisotopic (exact) mass is 419 g/mol. The van der Waals surface area contributed by atoms with E-state index < -0.39 is 11.7 Å². The number of hydrogen-bond acceptors (Lipinski definition) is 6. The van der Waals surface area contributed by atoms with E-state index in [0.717, 1.165) is 12.1 Å². The second-order valence-electron chi connectivity index (χ2n) is 6.50. The van der Waals surface area contributed by atoms with Crippen LogP contribution in [0.2, 0.25) is 0 Å². The first-order valence-corrected chi connectivity index (χ1v) is 9.08. The van der Waals surface area contributed by atoms with E-state index in [9.17, 15) is 18.0 Å². The number of carbonyl (C=O) groups excluding carboxylic acids is 1. The Morgan fingerprint density at radius 3 is 2.67 bits per heavy atom. The van der Waals surface area contributed by atoms with Gasteiger partial charge in [-0.1, -0.05) is 17.3 Å². The fourth-order valence-corrected chi connectivity index (χ4v) is 2.87. The molecule has 2 aromatic carbocycles. The Labute approximate surface area is 168 Å². The average molecular weight is 419 g/mol. The molecule has 0 saturated carbocycles. The van der Waals surface area contributed by atoms with E-state index in [1.54, 1.807) is 18.2 Å². The molecule has 10 heteroatoms. The van der Waals surface area contributed by atoms with Gasteiger partial charge in [0.25, 0.3) is 0 Å². The topological polar surface area (TPSA) is 86.5 Å². The van der Waals surface area contributed by atoms with Gasteiger partial charge < -0.3 is 19.3 Å². The highest BCUT2D eigenvalue weighted by molar-refractivity contribution is 5.91. The Kier molecular flexibility index (Phi) is 5.30. The molecule has 0 spiro atoms. The largest absolute Gasteiger partial charge is 0.486 e. The van der Waals surface area contributed by atoms with Gasteiger partial charge in [0, 0.05) is 30.2 Å². The number of nitrogens with zero attached hydrogens (tertiary/aromatic N) is 2. The zero-order chi connectivity index (χ0) is 21.1. The molecule has 7 nitrogen and oxygen atoms in total. The molecule has 4 rings (SSSR count). The van der Waals surface area contributed by atoms with Crippen LogP contribution in [-0.2, 0) is 17.4 Å². The molecule has 0 fully saturated rings. The third-order valence-electron chi connectivity index (χ3n) is 4.31. The maximum atomic E-state index is 12.8. The van der Waals surface area contributed by atoms with Crippen molar-refractivity contribution in [3.63, 3.8) is 0 Å². The quantitative estimate of drug-likeness (QED) is 0.670. The Hall–Kier alpha value is -3.56. The maximum absolute atomic E-state index is 12.8. The zero-order valence-electron chi connectivity index (χ0n) is 15.5. The number of nitrogens with one attached hydrogen (secondary N) is 1. The summed E-state index contributed by atoms with van der Waals surface area (Å²) in [4.78, 5) is 16.3. The van der Waals surface area contributed by atoms with Gasteiger partial charge in [-0.15, -0.1) is 0 Å². The Balaban J connectivity index is 1.36. The Morgan fingerprint density at radius 1 is 1.07 bits per heavy atom. The summed E-state index contributed by atoms with van der Waals surface area (Å²) in [6.45, 7) is 0.918. The summed E-state index contributed by atoms with van der Waals surface area (Å²) >= 11 is 0. The van der Waals surface area contributed by atoms with Crippen molar-refractivity contribution in [2.24, 2.45) is 0 Å². The molecule has 0 bridgehead atoms. The molecule has 1 amide bonds. The van der Waals surface area contributed by atoms with Gasteiger partial charge in [-0.2, -0.15) is 18.2 Å². The third-order valence-corrected chi connectivity index (χ3v) is 4.31. The minimum atomic E-state index is -4.46. The Bertz CT molecular complexity index is 1070. The van der Waals surface area contributed by atoms with Crippen molar-refractivity contribution in [3.8, 4) is 22.9 Å². The first-order chi connectivity index (χ1) is 14.4. The highest BCUT2D eigenvalue weighted by atomic mass is 19.4. The van der Waals surface area contributed by atoms with Crippen molar-refractivity contribution >= 4 is 11.6 Å². The Morgan fingerprint density at radius 2 is 1.87 bits per heavy atom. The number of halogens is 3. The molecule has 156 valence electrons. The standard InChI is InChI=1S/C20H16F3N3O4/c21-20(22,23)13-3-1-2-12(10-13)19-25-18(30-26-19)7-6-17(27)24-14-4-5-15-16(11-14)29-9-8-28-15/h1-5,10-11H,6-9H2,(H,24,27). The molecular formula is C20H16F3N3O4. The summed E-state index contributed by atoms with van der Waals surface area (Å²) < 4.78 is 54.5. The predicted molar refractivity (Wildman–Crippen MR) is 99.1 cm³/mol. The number of rotatable bonds is 5. The number of alkyl halides is 3. The number of fused-ring (bicyclic) bond motifs is 1. The fraction of sp³-hybridized carbons (Fsp3) is 0.250. The first kappa shape index (κ1) is 19.7. The van der Waals surface area contributed by atoms with Crippen LogP contribution in [0.25, 0.3) is 11.4 Å². The van der Waals surface area contributed by atoms with Crippen LogP contribution in [0.5, 0.6) is 11.5 Å². The average Bonchev–Trinajstić information content (AvgIpc) is 3.21. The van der Waals surface area contributed by atoms with Crippen LogP contribution >= 0.6 is 0 Å². The molecule has 1 aliphatic rings. The molecule has 3 aromatic rings. The van der Waals surface area contributed by atoms with E-state index in [0.29, 0.717) is 30.4 Å². The lowest BCUT2D eigenvalue weighted by molar-refractivity contribution is -0.137. The lowest BCUT2D eigenvalue weighted by atomic mass is 10.1. The molecule has 0 aliphatic carbocycles. The van der Waals surface area contributed by atoms with E-state index in [2.05, 4.69) is 15.5 Å². The van der Waals surface area contributed by atoms with Gasteiger partial charge in [0.15, 0.2) is 11.5 Å². The number of anilines is 1. The van der Waals surface area contributed by atoms with Crippen LogP contribution in [0.15, 0.2) is 47.0 Å². The van der Waals surface area contributed by atoms with Crippen LogP contribution in [0.3, 0.4) is 0 Å². The normalized spacial score (nSPS) is 13.2. The molecule has 0 unspecified atom stereocenters. The van der Waals surface area contributed by atoms with E-state index in [1.807, 2.05) is 0 Å². The molecule has 0 saturated heterocycles. The van der Waals surface area contributed by atoms with Gasteiger partial charge in [0.1, 0.15) is 13.2 Å². The number of benzene rings is 2. The van der Waals surface area contributed by atoms with E-state index in [1.165, 1.54) is 12.1 Å². The molecule has 1 aliphatic heterocycles. The van der Waals surface area contributed by atoms with E-state index in [-0.39, 0.29) is 36.0 Å². The zero-order valence-corrected chi connectivity index (χ0v) is 15.5. The predicted octanol–water partition coefficient (Wildman–Crippen LogP) is 4.10. The van der Waals surface area contributed by atoms with Gasteiger partial charge >= 0.3 is 6.18 Å². The molecule has 0 atom stereocenters. The van der Waals surface area contributed by atoms with Crippen molar-refractivity contribution in [2.75, 3.05) is 18.5 Å². The van der Waals surface area contributed by atoms with Gasteiger partial charge in [0.2, 0.25) is 17.6 Å². The van der Waals surface area contributed by atoms with Crippen LogP contribution in [0.1, 0.15) is 17.9 Å². The van der Waals surface area contributed by atoms with Crippen molar-refractivity contribution in [2.45, 2.75) is 19.0 Å². The summed E-state index contributed by atoms with van der Waals surface area (Å²) in [7, 11) is 0. The van der Waals surface area contributed by atoms with Crippen molar-refractivity contribution in [1.82, 2.24) is 10.1 Å². The SMILES string of the molecule is O=C(CCc1nc(-c2cccc(C(F)(F)F)c2)no1)Nc1ccc2c(c1)OCCO2. The van der Waals surface area contributed by atoms with Gasteiger partial charge in [-0.25, -0.2) is 0 Å². The molecular weight excluding hydrogens is 403 g/mol. The summed E-state index contributed by atoms with van der Waals surface area (Å²) in [5.74, 6) is 1.07. The van der Waals surface area contributed by atoms with E-state index in [4.69, 9.17) is 14.0 Å². The fourth-order valence-electron chi connectivity index (χ4n) is 2.87. The molecule has 0 radical (unpaired) electrons. The minimum absolute atomic E-state index is 0.0309. The van der Waals surface area contributed by atoms with Crippen molar-refractivity contribution < 1.29 is 32.0 Å². The number of hydrogen-bond donors (Lipinski definition) is 1. The third kappa shape index (κ3) is 4.53. The molecule has 30 heavy (non-hydrogen) atoms. The van der Waals surface area contributed by atoms with Crippen LogP contribution in [0.4, 0.5) is 18.9 Å². The summed E-state index contributed by atoms with van der Waals surface area (Å²) in [6.07, 6.45) is -4.27. The lowest BCUT2D eigenvalue weighted by Crippen LogP contribution is -2.16. The van der Waals surface area contributed by atoms with Crippen molar-refractivity contribution in [3.05, 3.63) is 53.9 Å². The summed E-state index contributed by atoms with van der Waals surface area (Å²) in [5, 5.41) is 6.44. The van der Waals surface area contributed by atoms with Crippen LogP contribution < -0.4 is 14.8 Å². The number of ether oxygens (including phenoxy) is 2. The van der Waals surface area contributed by atoms with Gasteiger partial charge in [-0.05, 0) is 24.3 Å². The second-order valence-corrected chi connectivity index (χ2v) is 6.50. The lowest BCUT2D eigenvalue weighted by Gasteiger charge is -2.18. The number of aromatic nitrogens is 2. The smallest absolute Gasteiger partial charge is 0.416 e. The summed E-state index contributed by atoms with van der Waals surface area (Å²) in [5.41, 5.74) is -0.0647. The molecule has 2 heterocycles. The summed E-state index contributed by atoms with van der Waals surface area (Å²) in [6, 6.07) is 9.72. The maximum Gasteiger partial charge on any atom is 0.416 e. The van der Waals surface area contributed by atoms with Gasteiger partial charge in [-0.3, -0.25) is 4.79 Å². The number of carbonyl (C=O) groups is 1. The van der Waals surface area contributed by atoms with E-state index >= 15 is 0 Å². The highest BCUT2D eigenvalue weighted by Gasteiger charge is 2.30. The minimum Gasteiger partial charge on any atom is -0.486 e. The highest BCUT2D eigenvalue weighted by Crippen LogP contribution is 2.33. The van der Waals surface area contributed by atoms with Gasteiger partial charge in [0.05, 0.1) is 5.56 Å². The second kappa shape index (κ2) is 8.05. The van der Waals surface area contributed by atoms with Crippen molar-refractivity contribution in [1.29, 1.82) is 0 Å². The molecule has 1 N–H and O–H groups in total. The number of amides is 1. The van der Waals surface area contributed by atoms with Crippen LogP contribution in [0, 0.1) is 0 Å². The van der Waals surface area contributed by atoms with Crippen LogP contribution in [-0.4, -0.2) is 29.3 Å².